The minimum absolute atomic E-state index is 0.799. The molecule has 29 heavy (non-hydrogen) atoms. The number of unbranched alkanes of at least 4 members (excludes halogenated alkanes) is 5. The van der Waals surface area contributed by atoms with Crippen molar-refractivity contribution in [2.24, 2.45) is 0 Å². The molecule has 0 saturated heterocycles. The van der Waals surface area contributed by atoms with Crippen LogP contribution in [0.1, 0.15) is 45.4 Å². The number of hydrogen-bond acceptors (Lipinski definition) is 2. The second-order valence-electron chi connectivity index (χ2n) is 7.37. The fourth-order valence-corrected chi connectivity index (χ4v) is 5.73. The molecule has 152 valence electrons. The summed E-state index contributed by atoms with van der Waals surface area (Å²) in [6, 6.07) is 17.2. The highest BCUT2D eigenvalue weighted by molar-refractivity contribution is 9.11. The van der Waals surface area contributed by atoms with Gasteiger partial charge in [-0.15, -0.1) is 11.3 Å². The summed E-state index contributed by atoms with van der Waals surface area (Å²) in [5.74, 6) is 0.948. The van der Waals surface area contributed by atoms with E-state index in [9.17, 15) is 0 Å². The molecule has 0 spiro atoms. The lowest BCUT2D eigenvalue weighted by molar-refractivity contribution is 0.304. The van der Waals surface area contributed by atoms with E-state index >= 15 is 0 Å². The Morgan fingerprint density at radius 3 is 2.41 bits per heavy atom. The van der Waals surface area contributed by atoms with Crippen LogP contribution >= 0.6 is 43.2 Å². The first kappa shape index (κ1) is 21.0. The SMILES string of the molecule is CCCCCCCCOc1ccc(-n2c3ccc(Br)cc3c3sc(Br)cc32)cc1. The van der Waals surface area contributed by atoms with E-state index in [2.05, 4.69) is 91.9 Å². The minimum atomic E-state index is 0.799. The summed E-state index contributed by atoms with van der Waals surface area (Å²) in [5, 5.41) is 1.27. The van der Waals surface area contributed by atoms with Gasteiger partial charge in [-0.25, -0.2) is 0 Å². The molecule has 0 amide bonds. The number of rotatable bonds is 9. The van der Waals surface area contributed by atoms with Crippen LogP contribution in [0.5, 0.6) is 5.75 Å². The molecule has 0 aliphatic rings. The molecule has 0 aliphatic carbocycles. The number of aromatic nitrogens is 1. The van der Waals surface area contributed by atoms with Crippen molar-refractivity contribution in [1.29, 1.82) is 0 Å². The maximum Gasteiger partial charge on any atom is 0.119 e. The maximum atomic E-state index is 5.96. The number of halogens is 2. The summed E-state index contributed by atoms with van der Waals surface area (Å²) in [7, 11) is 0. The number of thiophene rings is 1. The predicted molar refractivity (Wildman–Crippen MR) is 133 cm³/mol. The summed E-state index contributed by atoms with van der Waals surface area (Å²) >= 11 is 9.05. The molecular formula is C24H25Br2NOS. The first-order valence-corrected chi connectivity index (χ1v) is 12.7. The van der Waals surface area contributed by atoms with Crippen LogP contribution in [-0.2, 0) is 0 Å². The smallest absolute Gasteiger partial charge is 0.119 e. The second kappa shape index (κ2) is 9.67. The van der Waals surface area contributed by atoms with Crippen LogP contribution in [-0.4, -0.2) is 11.2 Å². The lowest BCUT2D eigenvalue weighted by Crippen LogP contribution is -1.98. The fourth-order valence-electron chi connectivity index (χ4n) is 3.77. The zero-order chi connectivity index (χ0) is 20.2. The zero-order valence-corrected chi connectivity index (χ0v) is 20.6. The highest BCUT2D eigenvalue weighted by Crippen LogP contribution is 2.40. The molecule has 0 unspecified atom stereocenters. The van der Waals surface area contributed by atoms with Gasteiger partial charge < -0.3 is 9.30 Å². The molecule has 4 rings (SSSR count). The molecule has 2 aromatic heterocycles. The molecular weight excluding hydrogens is 510 g/mol. The first-order valence-electron chi connectivity index (χ1n) is 10.3. The van der Waals surface area contributed by atoms with Crippen LogP contribution in [0.2, 0.25) is 0 Å². The van der Waals surface area contributed by atoms with Crippen molar-refractivity contribution in [2.75, 3.05) is 6.61 Å². The van der Waals surface area contributed by atoms with Crippen molar-refractivity contribution in [3.63, 3.8) is 0 Å². The molecule has 2 nitrogen and oxygen atoms in total. The van der Waals surface area contributed by atoms with E-state index in [0.29, 0.717) is 0 Å². The minimum Gasteiger partial charge on any atom is -0.494 e. The van der Waals surface area contributed by atoms with Gasteiger partial charge in [0.2, 0.25) is 0 Å². The van der Waals surface area contributed by atoms with Gasteiger partial charge in [-0.3, -0.25) is 0 Å². The monoisotopic (exact) mass is 533 g/mol. The number of benzene rings is 2. The lowest BCUT2D eigenvalue weighted by Gasteiger charge is -2.10. The molecule has 4 aromatic rings. The van der Waals surface area contributed by atoms with Crippen molar-refractivity contribution >= 4 is 64.3 Å². The maximum absolute atomic E-state index is 5.96. The summed E-state index contributed by atoms with van der Waals surface area (Å²) in [6.45, 7) is 3.05. The Kier molecular flexibility index (Phi) is 6.99. The van der Waals surface area contributed by atoms with E-state index in [1.165, 1.54) is 53.2 Å². The Labute approximate surface area is 193 Å². The van der Waals surface area contributed by atoms with Gasteiger partial charge in [0.1, 0.15) is 5.75 Å². The summed E-state index contributed by atoms with van der Waals surface area (Å²) < 4.78 is 11.8. The van der Waals surface area contributed by atoms with E-state index < -0.39 is 0 Å². The number of ether oxygens (including phenoxy) is 1. The Hall–Kier alpha value is -1.30. The number of hydrogen-bond donors (Lipinski definition) is 0. The standard InChI is InChI=1S/C24H25Br2NOS/c1-2-3-4-5-6-7-14-28-19-11-9-18(10-12-19)27-21-13-8-17(25)15-20(21)24-22(27)16-23(26)29-24/h8-13,15-16H,2-7,14H2,1H3. The third-order valence-corrected chi connectivity index (χ3v) is 7.38. The highest BCUT2D eigenvalue weighted by atomic mass is 79.9. The van der Waals surface area contributed by atoms with Gasteiger partial charge in [-0.05, 0) is 70.9 Å². The van der Waals surface area contributed by atoms with Crippen molar-refractivity contribution in [1.82, 2.24) is 4.57 Å². The highest BCUT2D eigenvalue weighted by Gasteiger charge is 2.15. The average Bonchev–Trinajstić information content (AvgIpc) is 3.23. The van der Waals surface area contributed by atoms with Crippen molar-refractivity contribution in [3.8, 4) is 11.4 Å². The molecule has 0 fully saturated rings. The summed E-state index contributed by atoms with van der Waals surface area (Å²) in [6.07, 6.45) is 7.70. The molecule has 0 radical (unpaired) electrons. The van der Waals surface area contributed by atoms with E-state index in [0.717, 1.165) is 32.7 Å². The first-order chi connectivity index (χ1) is 14.2. The van der Waals surface area contributed by atoms with Gasteiger partial charge in [-0.2, -0.15) is 0 Å². The molecule has 5 heteroatoms. The topological polar surface area (TPSA) is 14.2 Å². The normalized spacial score (nSPS) is 11.6. The number of fused-ring (bicyclic) bond motifs is 3. The summed E-state index contributed by atoms with van der Waals surface area (Å²) in [5.41, 5.74) is 3.61. The van der Waals surface area contributed by atoms with Crippen molar-refractivity contribution in [2.45, 2.75) is 45.4 Å². The van der Waals surface area contributed by atoms with Gasteiger partial charge in [0.15, 0.2) is 0 Å². The Morgan fingerprint density at radius 2 is 1.62 bits per heavy atom. The van der Waals surface area contributed by atoms with Crippen LogP contribution in [0.25, 0.3) is 26.8 Å². The zero-order valence-electron chi connectivity index (χ0n) is 16.6. The largest absolute Gasteiger partial charge is 0.494 e. The van der Waals surface area contributed by atoms with Gasteiger partial charge in [0, 0.05) is 15.5 Å². The molecule has 2 heterocycles. The molecule has 0 aliphatic heterocycles. The lowest BCUT2D eigenvalue weighted by atomic mass is 10.1. The van der Waals surface area contributed by atoms with Crippen LogP contribution in [0.15, 0.2) is 56.8 Å². The van der Waals surface area contributed by atoms with Crippen LogP contribution in [0.3, 0.4) is 0 Å². The Balaban J connectivity index is 1.51. The number of nitrogens with zero attached hydrogens (tertiary/aromatic N) is 1. The van der Waals surface area contributed by atoms with Crippen molar-refractivity contribution < 1.29 is 4.74 Å². The van der Waals surface area contributed by atoms with E-state index in [4.69, 9.17) is 4.74 Å². The average molecular weight is 535 g/mol. The Bertz CT molecular complexity index is 1100. The van der Waals surface area contributed by atoms with Gasteiger partial charge in [0.25, 0.3) is 0 Å². The van der Waals surface area contributed by atoms with Crippen molar-refractivity contribution in [3.05, 3.63) is 56.8 Å². The Morgan fingerprint density at radius 1 is 0.862 bits per heavy atom. The van der Waals surface area contributed by atoms with Crippen LogP contribution in [0.4, 0.5) is 0 Å². The van der Waals surface area contributed by atoms with Gasteiger partial charge >= 0.3 is 0 Å². The van der Waals surface area contributed by atoms with E-state index in [1.54, 1.807) is 11.3 Å². The molecule has 0 bridgehead atoms. The van der Waals surface area contributed by atoms with Crippen LogP contribution < -0.4 is 4.74 Å². The third-order valence-electron chi connectivity index (χ3n) is 5.23. The van der Waals surface area contributed by atoms with Crippen LogP contribution in [0, 0.1) is 0 Å². The fraction of sp³-hybridized carbons (Fsp3) is 0.333. The van der Waals surface area contributed by atoms with E-state index in [1.807, 2.05) is 0 Å². The molecule has 0 N–H and O–H groups in total. The summed E-state index contributed by atoms with van der Waals surface area (Å²) in [4.78, 5) is 0. The predicted octanol–water partition coefficient (Wildman–Crippen LogP) is 9.11. The van der Waals surface area contributed by atoms with Gasteiger partial charge in [0.05, 0.1) is 26.1 Å². The quantitative estimate of drug-likeness (QED) is 0.195. The molecule has 2 aromatic carbocycles. The van der Waals surface area contributed by atoms with E-state index in [-0.39, 0.29) is 0 Å². The van der Waals surface area contributed by atoms with Gasteiger partial charge in [-0.1, -0.05) is 55.0 Å². The third kappa shape index (κ3) is 4.73. The molecule has 0 atom stereocenters. The molecule has 0 saturated carbocycles. The second-order valence-corrected chi connectivity index (χ2v) is 10.7.